The number of carbonyl (C=O) groups excluding carboxylic acids is 1. The molecule has 2 N–H and O–H groups in total. The van der Waals surface area contributed by atoms with E-state index in [1.165, 1.54) is 0 Å². The number of hydrogen-bond donors (Lipinski definition) is 1. The maximum atomic E-state index is 10.9. The van der Waals surface area contributed by atoms with Crippen LogP contribution in [0.15, 0.2) is 24.4 Å². The minimum atomic E-state index is -0.406. The molecule has 72 valence electrons. The highest BCUT2D eigenvalue weighted by Crippen LogP contribution is 2.15. The number of amides is 1. The normalized spacial score (nSPS) is 10.6. The Morgan fingerprint density at radius 2 is 2.36 bits per heavy atom. The number of nitrogens with zero attached hydrogens (tertiary/aromatic N) is 2. The molecule has 0 bridgehead atoms. The lowest BCUT2D eigenvalue weighted by Gasteiger charge is -1.99. The first-order chi connectivity index (χ1) is 6.72. The topological polar surface area (TPSA) is 60.9 Å². The first kappa shape index (κ1) is 8.74. The summed E-state index contributed by atoms with van der Waals surface area (Å²) < 4.78 is 1.88. The van der Waals surface area contributed by atoms with Gasteiger partial charge in [-0.05, 0) is 25.1 Å². The highest BCUT2D eigenvalue weighted by Gasteiger charge is 2.04. The van der Waals surface area contributed by atoms with Gasteiger partial charge in [0.25, 0.3) is 0 Å². The summed E-state index contributed by atoms with van der Waals surface area (Å²) >= 11 is 0. The van der Waals surface area contributed by atoms with Gasteiger partial charge in [-0.15, -0.1) is 0 Å². The number of fused-ring (bicyclic) bond motifs is 1. The Kier molecular flexibility index (Phi) is 1.96. The molecule has 0 spiro atoms. The van der Waals surface area contributed by atoms with Crippen LogP contribution in [0.4, 0.5) is 0 Å². The van der Waals surface area contributed by atoms with Crippen molar-refractivity contribution >= 4 is 16.8 Å². The summed E-state index contributed by atoms with van der Waals surface area (Å²) in [5.41, 5.74) is 6.72. The number of nitrogens with two attached hydrogens (primary N) is 1. The van der Waals surface area contributed by atoms with Crippen LogP contribution in [-0.2, 0) is 6.54 Å². The van der Waals surface area contributed by atoms with Crippen LogP contribution in [0.3, 0.4) is 0 Å². The van der Waals surface area contributed by atoms with Gasteiger partial charge in [0.15, 0.2) is 0 Å². The van der Waals surface area contributed by atoms with Gasteiger partial charge in [-0.25, -0.2) is 0 Å². The number of primary amides is 1. The number of benzene rings is 1. The fraction of sp³-hybridized carbons (Fsp3) is 0.200. The van der Waals surface area contributed by atoms with Crippen molar-refractivity contribution in [2.24, 2.45) is 5.73 Å². The van der Waals surface area contributed by atoms with Gasteiger partial charge in [-0.2, -0.15) is 5.10 Å². The van der Waals surface area contributed by atoms with Gasteiger partial charge in [0, 0.05) is 17.5 Å². The average Bonchev–Trinajstić information content (AvgIpc) is 2.59. The molecule has 1 amide bonds. The van der Waals surface area contributed by atoms with Crippen LogP contribution >= 0.6 is 0 Å². The second-order valence-corrected chi connectivity index (χ2v) is 3.10. The SMILES string of the molecule is CCn1ncc2cc(C(N)=O)ccc21. The molecule has 0 atom stereocenters. The van der Waals surface area contributed by atoms with Crippen molar-refractivity contribution in [1.82, 2.24) is 9.78 Å². The molecule has 2 aromatic rings. The third kappa shape index (κ3) is 1.25. The van der Waals surface area contributed by atoms with Crippen LogP contribution in [0.25, 0.3) is 10.9 Å². The van der Waals surface area contributed by atoms with Crippen LogP contribution in [0.5, 0.6) is 0 Å². The predicted molar refractivity (Wildman–Crippen MR) is 53.9 cm³/mol. The van der Waals surface area contributed by atoms with E-state index in [1.807, 2.05) is 17.7 Å². The first-order valence-electron chi connectivity index (χ1n) is 4.47. The molecular formula is C10H11N3O. The minimum absolute atomic E-state index is 0.406. The van der Waals surface area contributed by atoms with Crippen molar-refractivity contribution in [2.45, 2.75) is 13.5 Å². The predicted octanol–water partition coefficient (Wildman–Crippen LogP) is 1.16. The van der Waals surface area contributed by atoms with E-state index in [4.69, 9.17) is 5.73 Å². The van der Waals surface area contributed by atoms with Gasteiger partial charge in [-0.3, -0.25) is 9.48 Å². The van der Waals surface area contributed by atoms with E-state index < -0.39 is 5.91 Å². The molecule has 1 aromatic heterocycles. The summed E-state index contributed by atoms with van der Waals surface area (Å²) in [4.78, 5) is 10.9. The molecule has 0 radical (unpaired) electrons. The van der Waals surface area contributed by atoms with Crippen molar-refractivity contribution < 1.29 is 4.79 Å². The van der Waals surface area contributed by atoms with Crippen LogP contribution in [0, 0.1) is 0 Å². The van der Waals surface area contributed by atoms with Gasteiger partial charge in [0.2, 0.25) is 5.91 Å². The summed E-state index contributed by atoms with van der Waals surface area (Å²) in [7, 11) is 0. The van der Waals surface area contributed by atoms with E-state index in [0.29, 0.717) is 5.56 Å². The average molecular weight is 189 g/mol. The highest BCUT2D eigenvalue weighted by molar-refractivity contribution is 5.96. The lowest BCUT2D eigenvalue weighted by molar-refractivity contribution is 0.100. The zero-order valence-electron chi connectivity index (χ0n) is 7.90. The second-order valence-electron chi connectivity index (χ2n) is 3.10. The fourth-order valence-corrected chi connectivity index (χ4v) is 1.49. The molecule has 0 aliphatic carbocycles. The minimum Gasteiger partial charge on any atom is -0.366 e. The Bertz CT molecular complexity index is 487. The quantitative estimate of drug-likeness (QED) is 0.770. The van der Waals surface area contributed by atoms with Crippen molar-refractivity contribution in [1.29, 1.82) is 0 Å². The van der Waals surface area contributed by atoms with E-state index in [1.54, 1.807) is 18.3 Å². The largest absolute Gasteiger partial charge is 0.366 e. The third-order valence-electron chi connectivity index (χ3n) is 2.23. The van der Waals surface area contributed by atoms with Gasteiger partial charge < -0.3 is 5.73 Å². The molecule has 0 aliphatic rings. The maximum absolute atomic E-state index is 10.9. The van der Waals surface area contributed by atoms with Gasteiger partial charge in [-0.1, -0.05) is 0 Å². The molecule has 0 fully saturated rings. The molecule has 0 aliphatic heterocycles. The van der Waals surface area contributed by atoms with Crippen molar-refractivity contribution in [3.63, 3.8) is 0 Å². The number of rotatable bonds is 2. The molecule has 4 heteroatoms. The van der Waals surface area contributed by atoms with Gasteiger partial charge in [0.05, 0.1) is 11.7 Å². The Morgan fingerprint density at radius 1 is 1.57 bits per heavy atom. The summed E-state index contributed by atoms with van der Waals surface area (Å²) in [5.74, 6) is -0.406. The van der Waals surface area contributed by atoms with Gasteiger partial charge in [0.1, 0.15) is 0 Å². The number of aryl methyl sites for hydroxylation is 1. The molecule has 4 nitrogen and oxygen atoms in total. The Morgan fingerprint density at radius 3 is 3.00 bits per heavy atom. The summed E-state index contributed by atoms with van der Waals surface area (Å²) in [6, 6.07) is 5.35. The summed E-state index contributed by atoms with van der Waals surface area (Å²) in [6.07, 6.45) is 1.74. The third-order valence-corrected chi connectivity index (χ3v) is 2.23. The molecular weight excluding hydrogens is 178 g/mol. The maximum Gasteiger partial charge on any atom is 0.248 e. The molecule has 0 unspecified atom stereocenters. The van der Waals surface area contributed by atoms with Crippen LogP contribution in [0.1, 0.15) is 17.3 Å². The molecule has 0 saturated heterocycles. The lowest BCUT2D eigenvalue weighted by atomic mass is 10.1. The first-order valence-corrected chi connectivity index (χ1v) is 4.47. The lowest BCUT2D eigenvalue weighted by Crippen LogP contribution is -2.10. The summed E-state index contributed by atoms with van der Waals surface area (Å²) in [6.45, 7) is 2.84. The van der Waals surface area contributed by atoms with Crippen molar-refractivity contribution in [3.05, 3.63) is 30.0 Å². The molecule has 1 heterocycles. The number of aromatic nitrogens is 2. The van der Waals surface area contributed by atoms with Crippen LogP contribution in [0.2, 0.25) is 0 Å². The van der Waals surface area contributed by atoms with Crippen molar-refractivity contribution in [3.8, 4) is 0 Å². The van der Waals surface area contributed by atoms with E-state index >= 15 is 0 Å². The van der Waals surface area contributed by atoms with E-state index in [-0.39, 0.29) is 0 Å². The van der Waals surface area contributed by atoms with Gasteiger partial charge >= 0.3 is 0 Å². The number of hydrogen-bond acceptors (Lipinski definition) is 2. The standard InChI is InChI=1S/C10H11N3O/c1-2-13-9-4-3-7(10(11)14)5-8(9)6-12-13/h3-6H,2H2,1H3,(H2,11,14). The highest BCUT2D eigenvalue weighted by atomic mass is 16.1. The van der Waals surface area contributed by atoms with Crippen LogP contribution in [-0.4, -0.2) is 15.7 Å². The number of carbonyl (C=O) groups is 1. The Labute approximate surface area is 81.3 Å². The Hall–Kier alpha value is -1.84. The molecule has 2 rings (SSSR count). The zero-order valence-corrected chi connectivity index (χ0v) is 7.90. The van der Waals surface area contributed by atoms with Crippen molar-refractivity contribution in [2.75, 3.05) is 0 Å². The van der Waals surface area contributed by atoms with E-state index in [2.05, 4.69) is 5.10 Å². The monoisotopic (exact) mass is 189 g/mol. The second kappa shape index (κ2) is 3.14. The molecule has 14 heavy (non-hydrogen) atoms. The smallest absolute Gasteiger partial charge is 0.248 e. The van der Waals surface area contributed by atoms with E-state index in [0.717, 1.165) is 17.4 Å². The van der Waals surface area contributed by atoms with Crippen LogP contribution < -0.4 is 5.73 Å². The van der Waals surface area contributed by atoms with E-state index in [9.17, 15) is 4.79 Å². The Balaban J connectivity index is 2.63. The zero-order chi connectivity index (χ0) is 10.1. The molecule has 1 aromatic carbocycles. The molecule has 0 saturated carbocycles. The summed E-state index contributed by atoms with van der Waals surface area (Å²) in [5, 5.41) is 5.13. The fourth-order valence-electron chi connectivity index (χ4n) is 1.49.